The molecule has 2 aliphatic heterocycles. The van der Waals surface area contributed by atoms with E-state index in [1.54, 1.807) is 0 Å². The summed E-state index contributed by atoms with van der Waals surface area (Å²) in [6.45, 7) is 16.2. The number of halogens is 4. The second kappa shape index (κ2) is 17.2. The zero-order valence-electron chi connectivity index (χ0n) is 27.4. The zero-order valence-corrected chi connectivity index (χ0v) is 32.2. The second-order valence-corrected chi connectivity index (χ2v) is 19.4. The maximum absolute atomic E-state index is 12.6. The Morgan fingerprint density at radius 2 is 0.909 bits per heavy atom. The van der Waals surface area contributed by atoms with Gasteiger partial charge >= 0.3 is 15.3 Å². The summed E-state index contributed by atoms with van der Waals surface area (Å²) in [5.74, 6) is 1.02. The highest BCUT2D eigenvalue weighted by molar-refractivity contribution is 7.53. The van der Waals surface area contributed by atoms with Crippen LogP contribution in [0.25, 0.3) is 0 Å². The Morgan fingerprint density at radius 3 is 1.16 bits per heavy atom. The Hall–Kier alpha value is 1.22. The topological polar surface area (TPSA) is 155 Å². The minimum atomic E-state index is -3.74. The number of nitrogens with zero attached hydrogens (tertiary/aromatic N) is 4. The summed E-state index contributed by atoms with van der Waals surface area (Å²) >= 11 is 22.8. The first-order valence-corrected chi connectivity index (χ1v) is 20.2. The van der Waals surface area contributed by atoms with Gasteiger partial charge in [0, 0.05) is 83.9 Å². The molecule has 2 aliphatic rings. The lowest BCUT2D eigenvalue weighted by atomic mass is 9.79. The number of hydrogen-bond acceptors (Lipinski definition) is 6. The molecule has 0 bridgehead atoms. The van der Waals surface area contributed by atoms with Crippen LogP contribution >= 0.6 is 61.7 Å². The van der Waals surface area contributed by atoms with Crippen molar-refractivity contribution in [1.82, 2.24) is 29.6 Å². The molecule has 0 spiro atoms. The molecular weight excluding hydrogens is 696 g/mol. The summed E-state index contributed by atoms with van der Waals surface area (Å²) in [5, 5.41) is 30.8. The summed E-state index contributed by atoms with van der Waals surface area (Å²) in [7, 11) is -7.47. The van der Waals surface area contributed by atoms with Crippen LogP contribution in [0.5, 0.6) is 0 Å². The summed E-state index contributed by atoms with van der Waals surface area (Å²) < 4.78 is 28.1. The van der Waals surface area contributed by atoms with Crippen LogP contribution < -0.4 is 10.2 Å². The molecule has 0 amide bonds. The second-order valence-electron chi connectivity index (χ2n) is 14.1. The highest BCUT2D eigenvalue weighted by Crippen LogP contribution is 2.47. The molecule has 2 heterocycles. The van der Waals surface area contributed by atoms with E-state index in [0.29, 0.717) is 38.8 Å². The van der Waals surface area contributed by atoms with Gasteiger partial charge in [-0.05, 0) is 81.1 Å². The van der Waals surface area contributed by atoms with E-state index in [4.69, 9.17) is 46.4 Å². The average Bonchev–Trinajstić information content (AvgIpc) is 2.84. The number of piperidine rings is 2. The van der Waals surface area contributed by atoms with E-state index in [2.05, 4.69) is 10.2 Å². The molecule has 12 nitrogen and oxygen atoms in total. The maximum atomic E-state index is 12.6. The molecule has 2 rings (SSSR count). The minimum Gasteiger partial charge on any atom is -0.784 e. The molecule has 2 fully saturated rings. The van der Waals surface area contributed by atoms with Gasteiger partial charge < -0.3 is 25.3 Å². The smallest absolute Gasteiger partial charge is 0.341 e. The van der Waals surface area contributed by atoms with E-state index >= 15 is 0 Å². The molecule has 0 aromatic rings. The first-order chi connectivity index (χ1) is 19.9. The van der Waals surface area contributed by atoms with Crippen molar-refractivity contribution in [3.05, 3.63) is 5.21 Å². The molecule has 2 saturated heterocycles. The molecule has 2 atom stereocenters. The number of rotatable bonds is 14. The SMILES string of the molecule is CC1(C)CC(NP(=O)(O)N(CCCl)CCCl)CC(C)(C)N1O.CC1(C)CC(NP(=O)(O)N(CCCl)CCCl)CC(C)(C)N1[O-]. The van der Waals surface area contributed by atoms with Crippen LogP contribution in [-0.2, 0) is 9.13 Å². The van der Waals surface area contributed by atoms with Gasteiger partial charge in [0.1, 0.15) is 0 Å². The lowest BCUT2D eigenvalue weighted by Gasteiger charge is -2.60. The number of hydroxylamine groups is 4. The van der Waals surface area contributed by atoms with Gasteiger partial charge in [0.15, 0.2) is 0 Å². The molecule has 0 aromatic heterocycles. The normalized spacial score (nSPS) is 25.3. The number of alkyl halides is 4. The molecule has 264 valence electrons. The van der Waals surface area contributed by atoms with Gasteiger partial charge in [-0.2, -0.15) is 5.06 Å². The standard InChI is InChI=1S/C13H28Cl2N3O3P.C13H27Cl2N3O3P/c2*1-12(2)9-11(10-13(3,4)18(12)19)16-22(20,21)17(7-5-14)8-6-15/h11,19H,5-10H2,1-4H3,(H2,16,20,21);11H,5-10H2,1-4H3,(H2,16,20,21)/q;-1. The van der Waals surface area contributed by atoms with Crippen molar-refractivity contribution in [2.24, 2.45) is 0 Å². The Labute approximate surface area is 284 Å². The van der Waals surface area contributed by atoms with Gasteiger partial charge in [0.25, 0.3) is 0 Å². The summed E-state index contributed by atoms with van der Waals surface area (Å²) in [4.78, 5) is 20.7. The fourth-order valence-electron chi connectivity index (χ4n) is 6.51. The first kappa shape index (κ1) is 43.2. The largest absolute Gasteiger partial charge is 0.784 e. The zero-order chi connectivity index (χ0) is 34.4. The Kier molecular flexibility index (Phi) is 16.9. The molecule has 0 radical (unpaired) electrons. The summed E-state index contributed by atoms with van der Waals surface area (Å²) in [5.41, 5.74) is -2.15. The van der Waals surface area contributed by atoms with Crippen LogP contribution in [0.15, 0.2) is 0 Å². The van der Waals surface area contributed by atoms with E-state index in [0.717, 1.165) is 5.06 Å². The van der Waals surface area contributed by atoms with E-state index < -0.39 is 37.5 Å². The molecular formula is C26H55Cl4N6O6P2-. The highest BCUT2D eigenvalue weighted by Gasteiger charge is 2.47. The van der Waals surface area contributed by atoms with Crippen LogP contribution in [0.3, 0.4) is 0 Å². The Bertz CT molecular complexity index is 875. The van der Waals surface area contributed by atoms with Crippen LogP contribution in [0.4, 0.5) is 0 Å². The molecule has 18 heteroatoms. The maximum Gasteiger partial charge on any atom is 0.341 e. The fourth-order valence-corrected chi connectivity index (χ4v) is 10.9. The van der Waals surface area contributed by atoms with Crippen molar-refractivity contribution in [1.29, 1.82) is 0 Å². The van der Waals surface area contributed by atoms with Crippen molar-refractivity contribution in [2.75, 3.05) is 49.7 Å². The van der Waals surface area contributed by atoms with E-state index in [-0.39, 0.29) is 48.7 Å². The lowest BCUT2D eigenvalue weighted by Crippen LogP contribution is -2.62. The third-order valence-electron chi connectivity index (χ3n) is 8.07. The molecule has 0 saturated carbocycles. The molecule has 44 heavy (non-hydrogen) atoms. The Morgan fingerprint density at radius 1 is 0.659 bits per heavy atom. The van der Waals surface area contributed by atoms with Crippen molar-refractivity contribution >= 4 is 61.7 Å². The third kappa shape index (κ3) is 12.3. The van der Waals surface area contributed by atoms with E-state index in [9.17, 15) is 29.3 Å². The van der Waals surface area contributed by atoms with Crippen LogP contribution in [0.2, 0.25) is 0 Å². The number of hydrogen-bond donors (Lipinski definition) is 5. The highest BCUT2D eigenvalue weighted by atomic mass is 35.5. The minimum absolute atomic E-state index is 0.183. The summed E-state index contributed by atoms with van der Waals surface area (Å²) in [6.07, 6.45) is 2.13. The van der Waals surface area contributed by atoms with Crippen molar-refractivity contribution in [2.45, 2.75) is 115 Å². The van der Waals surface area contributed by atoms with Gasteiger partial charge in [-0.25, -0.2) is 19.5 Å². The van der Waals surface area contributed by atoms with Crippen molar-refractivity contribution in [3.8, 4) is 0 Å². The van der Waals surface area contributed by atoms with Gasteiger partial charge in [-0.1, -0.05) is 0 Å². The summed E-state index contributed by atoms with van der Waals surface area (Å²) in [6, 6.07) is -0.406. The molecule has 0 aromatic carbocycles. The number of nitrogens with one attached hydrogen (secondary N) is 2. The lowest BCUT2D eigenvalue weighted by molar-refractivity contribution is -0.245. The molecule has 5 N–H and O–H groups in total. The van der Waals surface area contributed by atoms with Crippen LogP contribution in [-0.4, -0.2) is 118 Å². The predicted molar refractivity (Wildman–Crippen MR) is 183 cm³/mol. The van der Waals surface area contributed by atoms with Gasteiger partial charge in [0.2, 0.25) is 0 Å². The molecule has 0 aliphatic carbocycles. The van der Waals surface area contributed by atoms with Gasteiger partial charge in [-0.15, -0.1) is 46.4 Å². The van der Waals surface area contributed by atoms with E-state index in [1.165, 1.54) is 14.4 Å². The van der Waals surface area contributed by atoms with E-state index in [1.807, 2.05) is 55.4 Å². The van der Waals surface area contributed by atoms with Gasteiger partial charge in [0.05, 0.1) is 0 Å². The van der Waals surface area contributed by atoms with Crippen LogP contribution in [0, 0.1) is 5.21 Å². The first-order valence-electron chi connectivity index (χ1n) is 14.8. The monoisotopic (exact) mass is 749 g/mol. The quantitative estimate of drug-likeness (QED) is 0.107. The predicted octanol–water partition coefficient (Wildman–Crippen LogP) is 5.84. The van der Waals surface area contributed by atoms with Crippen LogP contribution in [0.1, 0.15) is 81.1 Å². The third-order valence-corrected chi connectivity index (χ3v) is 12.5. The van der Waals surface area contributed by atoms with Crippen molar-refractivity contribution in [3.63, 3.8) is 0 Å². The Balaban J connectivity index is 0.000000440. The van der Waals surface area contributed by atoms with Gasteiger partial charge in [-0.3, -0.25) is 9.13 Å². The molecule has 2 unspecified atom stereocenters. The fraction of sp³-hybridized carbons (Fsp3) is 1.00. The average molecular weight is 752 g/mol. The van der Waals surface area contributed by atoms with Crippen molar-refractivity contribution < 1.29 is 24.1 Å².